The number of hydrogen-bond donors (Lipinski definition) is 1. The van der Waals surface area contributed by atoms with Crippen molar-refractivity contribution in [2.24, 2.45) is 0 Å². The highest BCUT2D eigenvalue weighted by Gasteiger charge is 2.32. The lowest BCUT2D eigenvalue weighted by Gasteiger charge is -2.29. The van der Waals surface area contributed by atoms with Crippen LogP contribution in [0.3, 0.4) is 0 Å². The Morgan fingerprint density at radius 3 is 2.59 bits per heavy atom. The molecular formula is C16H19N3O3. The first-order valence-electron chi connectivity index (χ1n) is 7.62. The van der Waals surface area contributed by atoms with Crippen molar-refractivity contribution in [1.29, 1.82) is 0 Å². The molecule has 0 radical (unpaired) electrons. The Balaban J connectivity index is 1.66. The van der Waals surface area contributed by atoms with Gasteiger partial charge in [0.1, 0.15) is 6.54 Å². The van der Waals surface area contributed by atoms with E-state index in [-0.39, 0.29) is 30.7 Å². The number of benzene rings is 1. The van der Waals surface area contributed by atoms with Gasteiger partial charge in [-0.1, -0.05) is 24.6 Å². The molecule has 1 saturated heterocycles. The molecule has 1 aromatic rings. The summed E-state index contributed by atoms with van der Waals surface area (Å²) in [6, 6.07) is 7.03. The molecule has 0 spiro atoms. The Morgan fingerprint density at radius 2 is 1.82 bits per heavy atom. The van der Waals surface area contributed by atoms with Gasteiger partial charge in [-0.2, -0.15) is 0 Å². The van der Waals surface area contributed by atoms with Crippen LogP contribution in [0.5, 0.6) is 0 Å². The second kappa shape index (κ2) is 6.27. The van der Waals surface area contributed by atoms with Crippen LogP contribution < -0.4 is 5.43 Å². The third kappa shape index (κ3) is 3.01. The molecule has 1 N–H and O–H groups in total. The monoisotopic (exact) mass is 301 g/mol. The van der Waals surface area contributed by atoms with Crippen molar-refractivity contribution in [3.63, 3.8) is 0 Å². The molecule has 0 saturated carbocycles. The molecule has 0 atom stereocenters. The minimum absolute atomic E-state index is 0.166. The van der Waals surface area contributed by atoms with Gasteiger partial charge in [0.25, 0.3) is 11.8 Å². The van der Waals surface area contributed by atoms with Crippen LogP contribution in [0.1, 0.15) is 35.2 Å². The van der Waals surface area contributed by atoms with Crippen molar-refractivity contribution in [2.75, 3.05) is 19.6 Å². The van der Waals surface area contributed by atoms with Crippen LogP contribution in [0.4, 0.5) is 0 Å². The number of amides is 3. The van der Waals surface area contributed by atoms with E-state index in [1.165, 1.54) is 6.42 Å². The van der Waals surface area contributed by atoms with Gasteiger partial charge in [0.15, 0.2) is 0 Å². The van der Waals surface area contributed by atoms with Crippen LogP contribution in [-0.2, 0) is 16.0 Å². The van der Waals surface area contributed by atoms with E-state index < -0.39 is 0 Å². The predicted octanol–water partition coefficient (Wildman–Crippen LogP) is 0.729. The van der Waals surface area contributed by atoms with Crippen LogP contribution in [0, 0.1) is 0 Å². The van der Waals surface area contributed by atoms with Gasteiger partial charge >= 0.3 is 0 Å². The number of carbonyl (C=O) groups is 3. The summed E-state index contributed by atoms with van der Waals surface area (Å²) in [7, 11) is 0. The number of hydrogen-bond acceptors (Lipinski definition) is 4. The lowest BCUT2D eigenvalue weighted by atomic mass is 9.98. The van der Waals surface area contributed by atoms with Crippen molar-refractivity contribution in [3.8, 4) is 0 Å². The van der Waals surface area contributed by atoms with Crippen LogP contribution in [0.15, 0.2) is 24.3 Å². The first kappa shape index (κ1) is 14.7. The maximum absolute atomic E-state index is 12.4. The molecule has 0 aromatic heterocycles. The lowest BCUT2D eigenvalue weighted by Crippen LogP contribution is -2.52. The second-order valence-corrected chi connectivity index (χ2v) is 5.70. The van der Waals surface area contributed by atoms with E-state index in [4.69, 9.17) is 0 Å². The summed E-state index contributed by atoms with van der Waals surface area (Å²) in [5, 5.41) is 1.86. The zero-order chi connectivity index (χ0) is 15.5. The molecule has 2 aliphatic rings. The smallest absolute Gasteiger partial charge is 0.261 e. The van der Waals surface area contributed by atoms with Gasteiger partial charge < -0.3 is 0 Å². The highest BCUT2D eigenvalue weighted by atomic mass is 16.2. The number of nitrogens with zero attached hydrogens (tertiary/aromatic N) is 2. The molecular weight excluding hydrogens is 282 g/mol. The highest BCUT2D eigenvalue weighted by molar-refractivity contribution is 6.11. The van der Waals surface area contributed by atoms with E-state index in [1.54, 1.807) is 24.3 Å². The fourth-order valence-corrected chi connectivity index (χ4v) is 2.92. The Bertz CT molecular complexity index is 608. The van der Waals surface area contributed by atoms with Crippen LogP contribution >= 0.6 is 0 Å². The van der Waals surface area contributed by atoms with E-state index >= 15 is 0 Å². The van der Waals surface area contributed by atoms with Gasteiger partial charge in [0.2, 0.25) is 5.91 Å². The topological polar surface area (TPSA) is 69.7 Å². The normalized spacial score (nSPS) is 19.0. The first-order valence-corrected chi connectivity index (χ1v) is 7.62. The van der Waals surface area contributed by atoms with Gasteiger partial charge in [-0.25, -0.2) is 5.01 Å². The number of fused-ring (bicyclic) bond motifs is 1. The van der Waals surface area contributed by atoms with Crippen LogP contribution in [0.25, 0.3) is 0 Å². The number of imide groups is 1. The van der Waals surface area contributed by atoms with Gasteiger partial charge in [-0.15, -0.1) is 0 Å². The minimum atomic E-state index is -0.388. The van der Waals surface area contributed by atoms with Gasteiger partial charge in [0, 0.05) is 18.7 Å². The Kier molecular flexibility index (Phi) is 4.20. The average molecular weight is 301 g/mol. The zero-order valence-corrected chi connectivity index (χ0v) is 12.4. The lowest BCUT2D eigenvalue weighted by molar-refractivity contribution is -0.135. The number of piperidine rings is 1. The van der Waals surface area contributed by atoms with Crippen LogP contribution in [0.2, 0.25) is 0 Å². The number of carbonyl (C=O) groups excluding carboxylic acids is 3. The maximum Gasteiger partial charge on any atom is 0.261 e. The summed E-state index contributed by atoms with van der Waals surface area (Å²) in [5.41, 5.74) is 4.01. The summed E-state index contributed by atoms with van der Waals surface area (Å²) in [5.74, 6) is -1.03. The molecule has 22 heavy (non-hydrogen) atoms. The predicted molar refractivity (Wildman–Crippen MR) is 79.8 cm³/mol. The van der Waals surface area contributed by atoms with E-state index in [2.05, 4.69) is 5.43 Å². The van der Waals surface area contributed by atoms with Crippen LogP contribution in [-0.4, -0.2) is 47.3 Å². The summed E-state index contributed by atoms with van der Waals surface area (Å²) in [4.78, 5) is 37.6. The van der Waals surface area contributed by atoms with Crippen molar-refractivity contribution in [3.05, 3.63) is 35.4 Å². The third-order valence-electron chi connectivity index (χ3n) is 4.08. The Hall–Kier alpha value is -2.21. The molecule has 1 aromatic carbocycles. The first-order chi connectivity index (χ1) is 10.6. The van der Waals surface area contributed by atoms with Gasteiger partial charge in [0.05, 0.1) is 6.42 Å². The molecule has 116 valence electrons. The fourth-order valence-electron chi connectivity index (χ4n) is 2.92. The van der Waals surface area contributed by atoms with E-state index in [0.29, 0.717) is 5.56 Å². The van der Waals surface area contributed by atoms with Gasteiger partial charge in [-0.05, 0) is 24.5 Å². The summed E-state index contributed by atoms with van der Waals surface area (Å²) in [6.45, 7) is 1.41. The standard InChI is InChI=1S/C16H19N3O3/c20-14(17-18-8-4-1-5-9-18)11-19-15(21)10-12-6-2-3-7-13(12)16(19)22/h2-3,6-7H,1,4-5,8-11H2,(H,17,20). The van der Waals surface area contributed by atoms with Crippen molar-refractivity contribution >= 4 is 17.7 Å². The largest absolute Gasteiger partial charge is 0.287 e. The third-order valence-corrected chi connectivity index (χ3v) is 4.08. The highest BCUT2D eigenvalue weighted by Crippen LogP contribution is 2.19. The maximum atomic E-state index is 12.4. The van der Waals surface area contributed by atoms with Gasteiger partial charge in [-0.3, -0.25) is 24.7 Å². The fraction of sp³-hybridized carbons (Fsp3) is 0.438. The van der Waals surface area contributed by atoms with E-state index in [0.717, 1.165) is 36.4 Å². The summed E-state index contributed by atoms with van der Waals surface area (Å²) >= 11 is 0. The molecule has 1 fully saturated rings. The summed E-state index contributed by atoms with van der Waals surface area (Å²) < 4.78 is 0. The second-order valence-electron chi connectivity index (χ2n) is 5.70. The number of hydrazine groups is 1. The Morgan fingerprint density at radius 1 is 1.09 bits per heavy atom. The van der Waals surface area contributed by atoms with Crippen molar-refractivity contribution in [2.45, 2.75) is 25.7 Å². The number of rotatable bonds is 3. The molecule has 2 heterocycles. The molecule has 3 amide bonds. The molecule has 6 heteroatoms. The van der Waals surface area contributed by atoms with E-state index in [9.17, 15) is 14.4 Å². The SMILES string of the molecule is O=C(CN1C(=O)Cc2ccccc2C1=O)NN1CCCCC1. The average Bonchev–Trinajstić information content (AvgIpc) is 2.52. The summed E-state index contributed by atoms with van der Waals surface area (Å²) in [6.07, 6.45) is 3.44. The van der Waals surface area contributed by atoms with E-state index in [1.807, 2.05) is 5.01 Å². The Labute approximate surface area is 129 Å². The molecule has 6 nitrogen and oxygen atoms in total. The minimum Gasteiger partial charge on any atom is -0.287 e. The zero-order valence-electron chi connectivity index (χ0n) is 12.4. The van der Waals surface area contributed by atoms with Crippen molar-refractivity contribution in [1.82, 2.24) is 15.3 Å². The molecule has 0 aliphatic carbocycles. The molecule has 0 bridgehead atoms. The number of nitrogens with one attached hydrogen (secondary N) is 1. The van der Waals surface area contributed by atoms with Crippen molar-refractivity contribution < 1.29 is 14.4 Å². The molecule has 3 rings (SSSR count). The quantitative estimate of drug-likeness (QED) is 0.836. The molecule has 0 unspecified atom stereocenters. The molecule has 2 aliphatic heterocycles.